The van der Waals surface area contributed by atoms with Crippen LogP contribution in [0.25, 0.3) is 39.0 Å². The minimum atomic E-state index is -1.37. The van der Waals surface area contributed by atoms with Gasteiger partial charge in [0.05, 0.1) is 41.4 Å². The highest BCUT2D eigenvalue weighted by molar-refractivity contribution is 6.02. The fourth-order valence-corrected chi connectivity index (χ4v) is 8.67. The number of benzene rings is 3. The fraction of sp³-hybridized carbons (Fsp3) is 0.302. The molecule has 0 unspecified atom stereocenters. The Labute approximate surface area is 337 Å². The van der Waals surface area contributed by atoms with E-state index in [0.717, 1.165) is 34.7 Å². The second-order valence-electron chi connectivity index (χ2n) is 15.5. The van der Waals surface area contributed by atoms with Gasteiger partial charge in [-0.05, 0) is 105 Å². The van der Waals surface area contributed by atoms with Crippen LogP contribution in [-0.2, 0) is 24.8 Å². The summed E-state index contributed by atoms with van der Waals surface area (Å²) in [4.78, 5) is 42.6. The van der Waals surface area contributed by atoms with Crippen molar-refractivity contribution in [2.45, 2.75) is 58.5 Å². The molecule has 0 aliphatic carbocycles. The molecule has 1 saturated heterocycles. The Balaban J connectivity index is 1.15. The van der Waals surface area contributed by atoms with Crippen LogP contribution in [0.5, 0.6) is 0 Å². The van der Waals surface area contributed by atoms with Crippen LogP contribution in [-0.4, -0.2) is 80.9 Å². The van der Waals surface area contributed by atoms with Crippen molar-refractivity contribution in [3.05, 3.63) is 123 Å². The number of carbonyl (C=O) groups is 2. The van der Waals surface area contributed by atoms with Crippen molar-refractivity contribution in [2.24, 2.45) is 7.05 Å². The SMILES string of the molecule is Cc1cc(-n2nc3c(c2-n2ccn(-c4ccc5c(cnn5C)c4)c2=O)CN(C(=O)c2cc4cc(C5CCOCC5)ccc4n2[C@H](C)C(=N)NC(=O)O)CC3)cc(C)c1F. The van der Waals surface area contributed by atoms with Crippen LogP contribution < -0.4 is 11.0 Å². The van der Waals surface area contributed by atoms with Gasteiger partial charge in [-0.2, -0.15) is 10.2 Å². The Kier molecular flexibility index (Phi) is 9.30. The summed E-state index contributed by atoms with van der Waals surface area (Å²) >= 11 is 0. The van der Waals surface area contributed by atoms with Crippen LogP contribution in [0.15, 0.2) is 78.0 Å². The van der Waals surface area contributed by atoms with E-state index in [4.69, 9.17) is 15.2 Å². The number of aromatic nitrogens is 7. The number of rotatable bonds is 7. The van der Waals surface area contributed by atoms with Gasteiger partial charge in [0.25, 0.3) is 5.91 Å². The summed E-state index contributed by atoms with van der Waals surface area (Å²) in [6.07, 6.45) is 5.87. The van der Waals surface area contributed by atoms with Gasteiger partial charge < -0.3 is 19.3 Å². The van der Waals surface area contributed by atoms with Crippen LogP contribution >= 0.6 is 0 Å². The van der Waals surface area contributed by atoms with Gasteiger partial charge in [0, 0.05) is 67.5 Å². The molecular weight excluding hydrogens is 756 g/mol. The normalized spacial score (nSPS) is 15.2. The Morgan fingerprint density at radius 2 is 1.69 bits per heavy atom. The zero-order valence-electron chi connectivity index (χ0n) is 33.1. The van der Waals surface area contributed by atoms with E-state index in [9.17, 15) is 23.9 Å². The maximum absolute atomic E-state index is 14.9. The summed E-state index contributed by atoms with van der Waals surface area (Å²) in [5.74, 6) is -0.193. The first-order chi connectivity index (χ1) is 28.4. The van der Waals surface area contributed by atoms with Gasteiger partial charge in [-0.15, -0.1) is 0 Å². The summed E-state index contributed by atoms with van der Waals surface area (Å²) in [6.45, 7) is 6.81. The number of nitrogens with zero attached hydrogens (tertiary/aromatic N) is 8. The van der Waals surface area contributed by atoms with Crippen molar-refractivity contribution in [3.63, 3.8) is 0 Å². The molecule has 2 amide bonds. The lowest BCUT2D eigenvalue weighted by molar-refractivity contribution is 0.0723. The standard InChI is InChI=1S/C43H43FN10O5/c1-24-17-32(18-25(2)38(24)44)54-40(52-14-13-51(43(52)58)31-6-8-35-30(20-31)22-46-49(35)4)33-23-50(12-9-34(33)48-54)41(55)37-21-29-19-28(27-10-15-59-16-11-27)5-7-36(29)53(37)26(3)39(45)47-42(56)57/h5-8,13-14,17-22,26-27H,9-12,15-16,23H2,1-4H3,(H2,45,47)(H,56,57)/t26-/m1/s1. The molecule has 7 aromatic rings. The zero-order chi connectivity index (χ0) is 41.3. The molecule has 0 bridgehead atoms. The van der Waals surface area contributed by atoms with E-state index in [1.165, 1.54) is 9.13 Å². The number of ether oxygens (including phenoxy) is 1. The minimum Gasteiger partial charge on any atom is -0.465 e. The van der Waals surface area contributed by atoms with E-state index in [0.29, 0.717) is 82.9 Å². The molecule has 2 aliphatic heterocycles. The van der Waals surface area contributed by atoms with E-state index < -0.39 is 12.1 Å². The van der Waals surface area contributed by atoms with Gasteiger partial charge in [-0.25, -0.2) is 18.7 Å². The predicted molar refractivity (Wildman–Crippen MR) is 219 cm³/mol. The van der Waals surface area contributed by atoms with Gasteiger partial charge >= 0.3 is 11.8 Å². The number of aryl methyl sites for hydroxylation is 3. The van der Waals surface area contributed by atoms with Crippen molar-refractivity contribution in [2.75, 3.05) is 19.8 Å². The number of amides is 2. The molecule has 0 spiro atoms. The van der Waals surface area contributed by atoms with Crippen LogP contribution in [0.3, 0.4) is 0 Å². The number of carbonyl (C=O) groups excluding carboxylic acids is 1. The molecule has 9 rings (SSSR count). The van der Waals surface area contributed by atoms with Crippen molar-refractivity contribution in [3.8, 4) is 17.2 Å². The summed E-state index contributed by atoms with van der Waals surface area (Å²) in [5, 5.41) is 31.3. The lowest BCUT2D eigenvalue weighted by Gasteiger charge is -2.28. The highest BCUT2D eigenvalue weighted by Gasteiger charge is 2.33. The summed E-state index contributed by atoms with van der Waals surface area (Å²) < 4.78 is 28.7. The third-order valence-electron chi connectivity index (χ3n) is 11.8. The molecular formula is C43H43FN10O5. The van der Waals surface area contributed by atoms with Crippen LogP contribution in [0, 0.1) is 25.1 Å². The molecule has 1 atom stereocenters. The summed E-state index contributed by atoms with van der Waals surface area (Å²) in [7, 11) is 1.86. The van der Waals surface area contributed by atoms with Gasteiger partial charge in [0.2, 0.25) is 0 Å². The lowest BCUT2D eigenvalue weighted by Crippen LogP contribution is -2.39. The Bertz CT molecular complexity index is 2890. The van der Waals surface area contributed by atoms with Gasteiger partial charge in [0.1, 0.15) is 23.2 Å². The number of halogens is 1. The molecule has 3 aromatic carbocycles. The molecule has 16 heteroatoms. The van der Waals surface area contributed by atoms with Crippen molar-refractivity contribution in [1.29, 1.82) is 5.41 Å². The average Bonchev–Trinajstić information content (AvgIpc) is 4.01. The van der Waals surface area contributed by atoms with Gasteiger partial charge in [-0.1, -0.05) is 6.07 Å². The second kappa shape index (κ2) is 14.5. The van der Waals surface area contributed by atoms with E-state index in [-0.39, 0.29) is 29.8 Å². The van der Waals surface area contributed by atoms with Crippen molar-refractivity contribution in [1.82, 2.24) is 43.5 Å². The third-order valence-corrected chi connectivity index (χ3v) is 11.8. The van der Waals surface area contributed by atoms with Crippen molar-refractivity contribution < 1.29 is 23.8 Å². The average molecular weight is 799 g/mol. The molecule has 59 heavy (non-hydrogen) atoms. The molecule has 4 aromatic heterocycles. The molecule has 0 saturated carbocycles. The first-order valence-corrected chi connectivity index (χ1v) is 19.6. The molecule has 0 radical (unpaired) electrons. The zero-order valence-corrected chi connectivity index (χ0v) is 33.1. The van der Waals surface area contributed by atoms with E-state index in [1.807, 2.05) is 43.4 Å². The number of nitrogens with one attached hydrogen (secondary N) is 2. The Hall–Kier alpha value is -6.81. The van der Waals surface area contributed by atoms with Crippen LogP contribution in [0.1, 0.15) is 70.2 Å². The van der Waals surface area contributed by atoms with Crippen LogP contribution in [0.4, 0.5) is 9.18 Å². The first-order valence-electron chi connectivity index (χ1n) is 19.6. The molecule has 2 aliphatic rings. The Morgan fingerprint density at radius 1 is 0.966 bits per heavy atom. The molecule has 1 fully saturated rings. The summed E-state index contributed by atoms with van der Waals surface area (Å²) in [6, 6.07) is 16.1. The fourth-order valence-electron chi connectivity index (χ4n) is 8.67. The smallest absolute Gasteiger partial charge is 0.410 e. The van der Waals surface area contributed by atoms with Crippen LogP contribution in [0.2, 0.25) is 0 Å². The highest BCUT2D eigenvalue weighted by Crippen LogP contribution is 2.34. The van der Waals surface area contributed by atoms with E-state index in [2.05, 4.69) is 16.5 Å². The maximum Gasteiger partial charge on any atom is 0.410 e. The second-order valence-corrected chi connectivity index (χ2v) is 15.5. The number of hydrogen-bond acceptors (Lipinski definition) is 7. The minimum absolute atomic E-state index is 0.0932. The van der Waals surface area contributed by atoms with E-state index in [1.54, 1.807) is 70.3 Å². The van der Waals surface area contributed by atoms with Gasteiger partial charge in [0.15, 0.2) is 0 Å². The molecule has 15 nitrogen and oxygen atoms in total. The largest absolute Gasteiger partial charge is 0.465 e. The number of fused-ring (bicyclic) bond motifs is 3. The Morgan fingerprint density at radius 3 is 2.44 bits per heavy atom. The topological polar surface area (TPSA) is 170 Å². The van der Waals surface area contributed by atoms with E-state index >= 15 is 0 Å². The first kappa shape index (κ1) is 37.7. The molecule has 6 heterocycles. The quantitative estimate of drug-likeness (QED) is 0.125. The molecule has 3 N–H and O–H groups in total. The lowest BCUT2D eigenvalue weighted by atomic mass is 9.91. The predicted octanol–water partition coefficient (Wildman–Crippen LogP) is 6.31. The summed E-state index contributed by atoms with van der Waals surface area (Å²) in [5.41, 5.74) is 6.09. The van der Waals surface area contributed by atoms with Gasteiger partial charge in [-0.3, -0.25) is 29.3 Å². The number of hydrogen-bond donors (Lipinski definition) is 3. The van der Waals surface area contributed by atoms with Crippen molar-refractivity contribution >= 4 is 39.6 Å². The maximum atomic E-state index is 14.9. The number of amidine groups is 1. The monoisotopic (exact) mass is 798 g/mol. The highest BCUT2D eigenvalue weighted by atomic mass is 19.1. The molecule has 302 valence electrons. The third kappa shape index (κ3) is 6.49. The number of imidazole rings is 1. The number of carboxylic acid groups (broad SMARTS) is 1.